The lowest BCUT2D eigenvalue weighted by Crippen LogP contribution is -2.35. The predicted molar refractivity (Wildman–Crippen MR) is 74.2 cm³/mol. The highest BCUT2D eigenvalue weighted by Crippen LogP contribution is 2.43. The molecule has 1 aliphatic carbocycles. The van der Waals surface area contributed by atoms with Crippen molar-refractivity contribution in [3.63, 3.8) is 0 Å². The van der Waals surface area contributed by atoms with E-state index in [1.165, 1.54) is 0 Å². The van der Waals surface area contributed by atoms with Crippen LogP contribution in [0.5, 0.6) is 0 Å². The van der Waals surface area contributed by atoms with Crippen LogP contribution in [0.1, 0.15) is 50.7 Å². The van der Waals surface area contributed by atoms with Crippen molar-refractivity contribution < 1.29 is 15.0 Å². The summed E-state index contributed by atoms with van der Waals surface area (Å²) in [5.74, 6) is -0.729. The third-order valence-electron chi connectivity index (χ3n) is 4.02. The Morgan fingerprint density at radius 3 is 2.37 bits per heavy atom. The largest absolute Gasteiger partial charge is 0.481 e. The second kappa shape index (κ2) is 4.97. The molecule has 0 unspecified atom stereocenters. The molecule has 0 heterocycles. The van der Waals surface area contributed by atoms with Crippen LogP contribution < -0.4 is 0 Å². The molecule has 104 valence electrons. The maximum atomic E-state index is 11.8. The van der Waals surface area contributed by atoms with Crippen LogP contribution in [0.25, 0.3) is 0 Å². The quantitative estimate of drug-likeness (QED) is 0.877. The van der Waals surface area contributed by atoms with Gasteiger partial charge in [-0.1, -0.05) is 37.1 Å². The van der Waals surface area contributed by atoms with Crippen LogP contribution in [0.2, 0.25) is 0 Å². The SMILES string of the molecule is CC(C)(O)Cc1ccccc1C1(C(=O)O)CCCC1. The number of carboxylic acid groups (broad SMARTS) is 1. The standard InChI is InChI=1S/C16H22O3/c1-15(2,19)11-12-7-3-4-8-13(12)16(14(17)18)9-5-6-10-16/h3-4,7-8,19H,5-6,9-11H2,1-2H3,(H,17,18). The van der Waals surface area contributed by atoms with E-state index in [1.807, 2.05) is 24.3 Å². The van der Waals surface area contributed by atoms with E-state index in [0.717, 1.165) is 24.0 Å². The van der Waals surface area contributed by atoms with Gasteiger partial charge in [0.15, 0.2) is 0 Å². The van der Waals surface area contributed by atoms with Gasteiger partial charge in [0, 0.05) is 6.42 Å². The van der Waals surface area contributed by atoms with E-state index >= 15 is 0 Å². The average molecular weight is 262 g/mol. The summed E-state index contributed by atoms with van der Waals surface area (Å²) >= 11 is 0. The van der Waals surface area contributed by atoms with Crippen molar-refractivity contribution in [3.8, 4) is 0 Å². The van der Waals surface area contributed by atoms with Crippen LogP contribution in [0.4, 0.5) is 0 Å². The number of benzene rings is 1. The number of rotatable bonds is 4. The van der Waals surface area contributed by atoms with Crippen LogP contribution in [0.3, 0.4) is 0 Å². The first-order chi connectivity index (χ1) is 8.85. The van der Waals surface area contributed by atoms with Gasteiger partial charge in [0.05, 0.1) is 11.0 Å². The molecular formula is C16H22O3. The molecule has 1 fully saturated rings. The Labute approximate surface area is 114 Å². The first-order valence-corrected chi connectivity index (χ1v) is 6.89. The monoisotopic (exact) mass is 262 g/mol. The Morgan fingerprint density at radius 2 is 1.84 bits per heavy atom. The van der Waals surface area contributed by atoms with Crippen LogP contribution in [-0.2, 0) is 16.6 Å². The van der Waals surface area contributed by atoms with Crippen molar-refractivity contribution in [3.05, 3.63) is 35.4 Å². The van der Waals surface area contributed by atoms with Gasteiger partial charge in [-0.05, 0) is 37.8 Å². The number of carboxylic acids is 1. The summed E-state index contributed by atoms with van der Waals surface area (Å²) in [5.41, 5.74) is 0.275. The highest BCUT2D eigenvalue weighted by Gasteiger charge is 2.44. The molecule has 1 aromatic carbocycles. The average Bonchev–Trinajstić information content (AvgIpc) is 2.77. The number of aliphatic carboxylic acids is 1. The fourth-order valence-corrected chi connectivity index (χ4v) is 3.18. The topological polar surface area (TPSA) is 57.5 Å². The van der Waals surface area contributed by atoms with E-state index in [0.29, 0.717) is 19.3 Å². The van der Waals surface area contributed by atoms with E-state index in [2.05, 4.69) is 0 Å². The molecule has 0 bridgehead atoms. The fourth-order valence-electron chi connectivity index (χ4n) is 3.18. The Bertz CT molecular complexity index is 465. The zero-order chi connectivity index (χ0) is 14.1. The molecule has 0 radical (unpaired) electrons. The molecule has 3 nitrogen and oxygen atoms in total. The van der Waals surface area contributed by atoms with Crippen molar-refractivity contribution in [1.82, 2.24) is 0 Å². The van der Waals surface area contributed by atoms with Crippen molar-refractivity contribution in [2.75, 3.05) is 0 Å². The molecule has 1 saturated carbocycles. The lowest BCUT2D eigenvalue weighted by molar-refractivity contribution is -0.143. The summed E-state index contributed by atoms with van der Waals surface area (Å²) in [6.07, 6.45) is 3.81. The predicted octanol–water partition coefficient (Wildman–Crippen LogP) is 2.90. The minimum absolute atomic E-state index is 0.484. The number of carbonyl (C=O) groups is 1. The molecular weight excluding hydrogens is 240 g/mol. The molecule has 19 heavy (non-hydrogen) atoms. The van der Waals surface area contributed by atoms with Crippen molar-refractivity contribution in [2.24, 2.45) is 0 Å². The molecule has 0 atom stereocenters. The van der Waals surface area contributed by atoms with Crippen molar-refractivity contribution in [1.29, 1.82) is 0 Å². The zero-order valence-electron chi connectivity index (χ0n) is 11.6. The molecule has 0 amide bonds. The first-order valence-electron chi connectivity index (χ1n) is 6.89. The number of aliphatic hydroxyl groups is 1. The van der Waals surface area contributed by atoms with E-state index in [9.17, 15) is 15.0 Å². The summed E-state index contributed by atoms with van der Waals surface area (Å²) in [6.45, 7) is 3.51. The highest BCUT2D eigenvalue weighted by atomic mass is 16.4. The molecule has 1 aromatic rings. The summed E-state index contributed by atoms with van der Waals surface area (Å²) in [4.78, 5) is 11.8. The van der Waals surface area contributed by atoms with Gasteiger partial charge in [0.25, 0.3) is 0 Å². The Hall–Kier alpha value is -1.35. The molecule has 0 spiro atoms. The van der Waals surface area contributed by atoms with Crippen LogP contribution in [0.15, 0.2) is 24.3 Å². The third-order valence-corrected chi connectivity index (χ3v) is 4.02. The van der Waals surface area contributed by atoms with Crippen molar-refractivity contribution >= 4 is 5.97 Å². The van der Waals surface area contributed by atoms with E-state index in [-0.39, 0.29) is 0 Å². The number of hydrogen-bond acceptors (Lipinski definition) is 2. The van der Waals surface area contributed by atoms with E-state index in [4.69, 9.17) is 0 Å². The Morgan fingerprint density at radius 1 is 1.26 bits per heavy atom. The maximum absolute atomic E-state index is 11.8. The fraction of sp³-hybridized carbons (Fsp3) is 0.562. The molecule has 3 heteroatoms. The van der Waals surface area contributed by atoms with Gasteiger partial charge < -0.3 is 10.2 Å². The Balaban J connectivity index is 2.46. The first kappa shape index (κ1) is 14.1. The Kier molecular flexibility index (Phi) is 3.68. The highest BCUT2D eigenvalue weighted by molar-refractivity contribution is 5.82. The normalized spacial score (nSPS) is 18.5. The van der Waals surface area contributed by atoms with Gasteiger partial charge in [-0.3, -0.25) is 4.79 Å². The molecule has 2 rings (SSSR count). The van der Waals surface area contributed by atoms with Gasteiger partial charge in [-0.2, -0.15) is 0 Å². The second-order valence-electron chi connectivity index (χ2n) is 6.24. The zero-order valence-corrected chi connectivity index (χ0v) is 11.6. The van der Waals surface area contributed by atoms with E-state index in [1.54, 1.807) is 13.8 Å². The summed E-state index contributed by atoms with van der Waals surface area (Å²) in [7, 11) is 0. The maximum Gasteiger partial charge on any atom is 0.314 e. The minimum atomic E-state index is -0.825. The van der Waals surface area contributed by atoms with Gasteiger partial charge in [0.1, 0.15) is 0 Å². The van der Waals surface area contributed by atoms with E-state index < -0.39 is 17.0 Å². The van der Waals surface area contributed by atoms with Gasteiger partial charge >= 0.3 is 5.97 Å². The summed E-state index contributed by atoms with van der Waals surface area (Å²) in [5, 5.41) is 19.7. The summed E-state index contributed by atoms with van der Waals surface area (Å²) in [6, 6.07) is 7.66. The molecule has 0 aromatic heterocycles. The lowest BCUT2D eigenvalue weighted by atomic mass is 9.75. The molecule has 2 N–H and O–H groups in total. The third kappa shape index (κ3) is 2.81. The second-order valence-corrected chi connectivity index (χ2v) is 6.24. The molecule has 0 aliphatic heterocycles. The molecule has 1 aliphatic rings. The van der Waals surface area contributed by atoms with Gasteiger partial charge in [-0.15, -0.1) is 0 Å². The van der Waals surface area contributed by atoms with Gasteiger partial charge in [-0.25, -0.2) is 0 Å². The van der Waals surface area contributed by atoms with Gasteiger partial charge in [0.2, 0.25) is 0 Å². The number of hydrogen-bond donors (Lipinski definition) is 2. The smallest absolute Gasteiger partial charge is 0.314 e. The molecule has 0 saturated heterocycles. The van der Waals surface area contributed by atoms with Crippen LogP contribution in [0, 0.1) is 0 Å². The van der Waals surface area contributed by atoms with Crippen molar-refractivity contribution in [2.45, 2.75) is 57.0 Å². The van der Waals surface area contributed by atoms with Crippen LogP contribution >= 0.6 is 0 Å². The minimum Gasteiger partial charge on any atom is -0.481 e. The van der Waals surface area contributed by atoms with Crippen LogP contribution in [-0.4, -0.2) is 21.8 Å². The lowest BCUT2D eigenvalue weighted by Gasteiger charge is -2.29. The summed E-state index contributed by atoms with van der Waals surface area (Å²) < 4.78 is 0.